The molecule has 0 spiro atoms. The van der Waals surface area contributed by atoms with Gasteiger partial charge in [-0.1, -0.05) is 30.3 Å². The molecule has 18 heavy (non-hydrogen) atoms. The third-order valence-electron chi connectivity index (χ3n) is 2.71. The Morgan fingerprint density at radius 3 is 1.89 bits per heavy atom. The highest BCUT2D eigenvalue weighted by molar-refractivity contribution is 7.56. The van der Waals surface area contributed by atoms with Gasteiger partial charge in [0, 0.05) is 28.4 Å². The van der Waals surface area contributed by atoms with Crippen molar-refractivity contribution in [3.8, 4) is 0 Å². The van der Waals surface area contributed by atoms with Crippen molar-refractivity contribution in [1.82, 2.24) is 0 Å². The Morgan fingerprint density at radius 2 is 1.50 bits per heavy atom. The van der Waals surface area contributed by atoms with Gasteiger partial charge in [-0.25, -0.2) is 0 Å². The topological polar surface area (TPSA) is 54.0 Å². The first-order valence-corrected chi connectivity index (χ1v) is 8.66. The molecule has 0 aromatic heterocycles. The van der Waals surface area contributed by atoms with Gasteiger partial charge in [-0.15, -0.1) is 0 Å². The highest BCUT2D eigenvalue weighted by Crippen LogP contribution is 2.60. The van der Waals surface area contributed by atoms with Crippen LogP contribution in [0.2, 0.25) is 0 Å². The van der Waals surface area contributed by atoms with E-state index < -0.39 is 22.2 Å². The van der Waals surface area contributed by atoms with Crippen LogP contribution in [0.1, 0.15) is 10.8 Å². The van der Waals surface area contributed by atoms with Gasteiger partial charge in [0.25, 0.3) is 0 Å². The summed E-state index contributed by atoms with van der Waals surface area (Å²) in [4.78, 5) is 0. The summed E-state index contributed by atoms with van der Waals surface area (Å²) in [5.74, 6) is 0. The van der Waals surface area contributed by atoms with E-state index in [2.05, 4.69) is 0 Å². The second kappa shape index (κ2) is 7.18. The van der Waals surface area contributed by atoms with Gasteiger partial charge in [-0.2, -0.15) is 0 Å². The number of benzene rings is 1. The second-order valence-corrected chi connectivity index (χ2v) is 8.87. The summed E-state index contributed by atoms with van der Waals surface area (Å²) >= 11 is 0. The molecule has 0 amide bonds. The molecule has 102 valence electrons. The van der Waals surface area contributed by atoms with Gasteiger partial charge in [0.05, 0.1) is 0 Å². The summed E-state index contributed by atoms with van der Waals surface area (Å²) in [7, 11) is 0.341. The van der Waals surface area contributed by atoms with E-state index in [-0.39, 0.29) is 0 Å². The molecule has 0 aliphatic rings. The van der Waals surface area contributed by atoms with E-state index >= 15 is 0 Å². The van der Waals surface area contributed by atoms with E-state index in [4.69, 9.17) is 17.9 Å². The van der Waals surface area contributed by atoms with Crippen molar-refractivity contribution < 1.29 is 22.5 Å². The maximum absolute atomic E-state index is 12.6. The maximum atomic E-state index is 12.6. The van der Waals surface area contributed by atoms with Crippen LogP contribution < -0.4 is 0 Å². The van der Waals surface area contributed by atoms with Crippen LogP contribution in [0.3, 0.4) is 0 Å². The standard InChI is InChI=1S/C11H19O5PSi/c1-13-17(12,14-2)11(18(15-3)16-4)10-8-6-5-7-9-10/h5-9,11,18H,1-4H3. The minimum atomic E-state index is -3.29. The fourth-order valence-electron chi connectivity index (χ4n) is 1.79. The molecule has 1 aromatic carbocycles. The Balaban J connectivity index is 3.22. The molecule has 7 heteroatoms. The number of hydrogen-bond acceptors (Lipinski definition) is 5. The molecular weight excluding hydrogens is 271 g/mol. The molecular formula is C11H19O5PSi. The predicted molar refractivity (Wildman–Crippen MR) is 72.0 cm³/mol. The van der Waals surface area contributed by atoms with Crippen molar-refractivity contribution in [3.63, 3.8) is 0 Å². The summed E-state index contributed by atoms with van der Waals surface area (Å²) in [5, 5.41) is -0.497. The summed E-state index contributed by atoms with van der Waals surface area (Å²) < 4.78 is 33.5. The van der Waals surface area contributed by atoms with Crippen molar-refractivity contribution in [2.75, 3.05) is 28.4 Å². The normalized spacial score (nSPS) is 13.8. The lowest BCUT2D eigenvalue weighted by Gasteiger charge is -2.28. The summed E-state index contributed by atoms with van der Waals surface area (Å²) in [6.07, 6.45) is 0. The largest absolute Gasteiger partial charge is 0.399 e. The van der Waals surface area contributed by atoms with E-state index in [0.717, 1.165) is 5.56 Å². The Labute approximate surface area is 109 Å². The minimum Gasteiger partial charge on any atom is -0.399 e. The highest BCUT2D eigenvalue weighted by atomic mass is 31.2. The van der Waals surface area contributed by atoms with Gasteiger partial charge in [-0.05, 0) is 5.56 Å². The summed E-state index contributed by atoms with van der Waals surface area (Å²) in [6, 6.07) is 9.37. The summed E-state index contributed by atoms with van der Waals surface area (Å²) in [5.41, 5.74) is 0.838. The Morgan fingerprint density at radius 1 is 1.00 bits per heavy atom. The molecule has 0 radical (unpaired) electrons. The lowest BCUT2D eigenvalue weighted by atomic mass is 10.2. The highest BCUT2D eigenvalue weighted by Gasteiger charge is 2.44. The Hall–Kier alpha value is -0.493. The average Bonchev–Trinajstić information content (AvgIpc) is 2.44. The molecule has 0 aliphatic carbocycles. The Kier molecular flexibility index (Phi) is 6.21. The van der Waals surface area contributed by atoms with Crippen molar-refractivity contribution in [3.05, 3.63) is 35.9 Å². The molecule has 0 saturated carbocycles. The van der Waals surface area contributed by atoms with Crippen molar-refractivity contribution in [1.29, 1.82) is 0 Å². The van der Waals surface area contributed by atoms with Crippen LogP contribution in [0.15, 0.2) is 30.3 Å². The van der Waals surface area contributed by atoms with Gasteiger partial charge in [0.1, 0.15) is 5.28 Å². The molecule has 1 rings (SSSR count). The lowest BCUT2D eigenvalue weighted by molar-refractivity contribution is 0.245. The average molecular weight is 290 g/mol. The quantitative estimate of drug-likeness (QED) is 0.569. The van der Waals surface area contributed by atoms with Crippen LogP contribution in [0.5, 0.6) is 0 Å². The summed E-state index contributed by atoms with van der Waals surface area (Å²) in [6.45, 7) is 0. The van der Waals surface area contributed by atoms with E-state index in [1.807, 2.05) is 30.3 Å². The monoisotopic (exact) mass is 290 g/mol. The number of rotatable bonds is 7. The van der Waals surface area contributed by atoms with Crippen LogP contribution >= 0.6 is 7.60 Å². The van der Waals surface area contributed by atoms with Gasteiger partial charge in [0.2, 0.25) is 0 Å². The third kappa shape index (κ3) is 3.29. The molecule has 0 bridgehead atoms. The van der Waals surface area contributed by atoms with Crippen LogP contribution in [0, 0.1) is 0 Å². The van der Waals surface area contributed by atoms with Gasteiger partial charge in [-0.3, -0.25) is 4.57 Å². The SMILES string of the molecule is CO[SiH](OC)C(c1ccccc1)P(=O)(OC)OC. The van der Waals surface area contributed by atoms with Gasteiger partial charge in [0.15, 0.2) is 0 Å². The molecule has 0 aliphatic heterocycles. The second-order valence-electron chi connectivity index (χ2n) is 3.60. The van der Waals surface area contributed by atoms with Crippen LogP contribution in [-0.2, 0) is 22.5 Å². The van der Waals surface area contributed by atoms with E-state index in [0.29, 0.717) is 0 Å². The zero-order valence-electron chi connectivity index (χ0n) is 11.0. The van der Waals surface area contributed by atoms with Gasteiger partial charge < -0.3 is 17.9 Å². The first-order chi connectivity index (χ1) is 8.62. The fourth-order valence-corrected chi connectivity index (χ4v) is 6.83. The maximum Gasteiger partial charge on any atom is 0.341 e. The smallest absolute Gasteiger partial charge is 0.341 e. The molecule has 1 unspecified atom stereocenters. The van der Waals surface area contributed by atoms with Gasteiger partial charge >= 0.3 is 16.9 Å². The van der Waals surface area contributed by atoms with Crippen molar-refractivity contribution >= 4 is 16.9 Å². The molecule has 0 fully saturated rings. The van der Waals surface area contributed by atoms with Crippen LogP contribution in [0.25, 0.3) is 0 Å². The molecule has 0 N–H and O–H groups in total. The molecule has 5 nitrogen and oxygen atoms in total. The molecule has 1 atom stereocenters. The van der Waals surface area contributed by atoms with Crippen LogP contribution in [-0.4, -0.2) is 37.7 Å². The minimum absolute atomic E-state index is 0.497. The van der Waals surface area contributed by atoms with E-state index in [1.165, 1.54) is 14.2 Å². The first-order valence-electron chi connectivity index (χ1n) is 5.44. The van der Waals surface area contributed by atoms with Crippen LogP contribution in [0.4, 0.5) is 0 Å². The molecule has 0 saturated heterocycles. The Bertz CT molecular complexity index is 388. The zero-order valence-corrected chi connectivity index (χ0v) is 13.1. The number of hydrogen-bond donors (Lipinski definition) is 0. The predicted octanol–water partition coefficient (Wildman–Crippen LogP) is 2.27. The fraction of sp³-hybridized carbons (Fsp3) is 0.455. The zero-order chi connectivity index (χ0) is 13.6. The van der Waals surface area contributed by atoms with Crippen molar-refractivity contribution in [2.45, 2.75) is 5.28 Å². The molecule has 1 aromatic rings. The lowest BCUT2D eigenvalue weighted by Crippen LogP contribution is -2.29. The third-order valence-corrected chi connectivity index (χ3v) is 8.37. The van der Waals surface area contributed by atoms with E-state index in [9.17, 15) is 4.57 Å². The van der Waals surface area contributed by atoms with E-state index in [1.54, 1.807) is 14.2 Å². The molecule has 0 heterocycles. The first kappa shape index (κ1) is 15.6. The van der Waals surface area contributed by atoms with Crippen molar-refractivity contribution in [2.24, 2.45) is 0 Å².